The van der Waals surface area contributed by atoms with Gasteiger partial charge in [-0.1, -0.05) is 142 Å². The molecule has 0 bridgehead atoms. The molecule has 9 heteroatoms. The number of sulfonamides is 1. The summed E-state index contributed by atoms with van der Waals surface area (Å²) in [5, 5.41) is 20.7. The molecular weight excluding hydrogens is 645 g/mol. The van der Waals surface area contributed by atoms with E-state index in [1.807, 2.05) is 30.3 Å². The monoisotopic (exact) mass is 706 g/mol. The third-order valence-electron chi connectivity index (χ3n) is 10.1. The highest BCUT2D eigenvalue weighted by Gasteiger charge is 2.31. The highest BCUT2D eigenvalue weighted by molar-refractivity contribution is 7.89. The van der Waals surface area contributed by atoms with Gasteiger partial charge in [0.05, 0.1) is 0 Å². The largest absolute Gasteiger partial charge is 0.493 e. The molecule has 3 rings (SSSR count). The first-order chi connectivity index (χ1) is 24.1. The van der Waals surface area contributed by atoms with Crippen LogP contribution >= 0.6 is 0 Å². The molecule has 0 aliphatic carbocycles. The van der Waals surface area contributed by atoms with E-state index >= 15 is 0 Å². The molecule has 50 heavy (non-hydrogen) atoms. The maximum absolute atomic E-state index is 14.6. The average molecular weight is 707 g/mol. The van der Waals surface area contributed by atoms with E-state index in [4.69, 9.17) is 0 Å². The van der Waals surface area contributed by atoms with Crippen molar-refractivity contribution in [3.05, 3.63) is 71.0 Å². The molecule has 0 saturated carbocycles. The third kappa shape index (κ3) is 11.4. The first-order valence-corrected chi connectivity index (χ1v) is 20.6. The molecule has 0 spiro atoms. The van der Waals surface area contributed by atoms with E-state index in [1.165, 1.54) is 10.6 Å². The average Bonchev–Trinajstić information content (AvgIpc) is 3.13. The molecule has 3 aromatic rings. The summed E-state index contributed by atoms with van der Waals surface area (Å²) in [4.78, 5) is 13.5. The standard InChI is InChI=1S/C41H62N4O4S/c1-7-13-21-32(10-4)29-44(30-33(11-5)22-14-8-2)50(48,49)38-27-20-19-26-37(38)42-43-40-36(35-24-17-16-18-25-35)28-39(46)45(41(40)47)31-34(12-6)23-15-9-3/h16-20,24-28,32-34,47H,7-15,21-23,29-31H2,1-6H3. The van der Waals surface area contributed by atoms with E-state index in [0.29, 0.717) is 30.8 Å². The van der Waals surface area contributed by atoms with E-state index < -0.39 is 10.0 Å². The van der Waals surface area contributed by atoms with E-state index in [9.17, 15) is 18.3 Å². The van der Waals surface area contributed by atoms with E-state index in [-0.39, 0.29) is 45.5 Å². The highest BCUT2D eigenvalue weighted by atomic mass is 32.2. The molecule has 0 radical (unpaired) electrons. The van der Waals surface area contributed by atoms with Crippen LogP contribution in [0.25, 0.3) is 11.1 Å². The van der Waals surface area contributed by atoms with Crippen LogP contribution in [-0.4, -0.2) is 35.5 Å². The number of unbranched alkanes of at least 4 members (excludes halogenated alkanes) is 3. The molecule has 276 valence electrons. The van der Waals surface area contributed by atoms with Gasteiger partial charge in [-0.3, -0.25) is 9.36 Å². The van der Waals surface area contributed by atoms with Crippen LogP contribution in [0.5, 0.6) is 5.88 Å². The van der Waals surface area contributed by atoms with Gasteiger partial charge in [0.15, 0.2) is 5.69 Å². The Bertz CT molecular complexity index is 1620. The van der Waals surface area contributed by atoms with Crippen LogP contribution in [0, 0.1) is 17.8 Å². The topological polar surface area (TPSA) is 104 Å². The number of nitrogens with zero attached hydrogens (tertiary/aromatic N) is 4. The Morgan fingerprint density at radius 1 is 0.720 bits per heavy atom. The predicted molar refractivity (Wildman–Crippen MR) is 207 cm³/mol. The van der Waals surface area contributed by atoms with Crippen LogP contribution in [0.3, 0.4) is 0 Å². The van der Waals surface area contributed by atoms with Crippen molar-refractivity contribution in [2.75, 3.05) is 13.1 Å². The Labute approximate surface area is 302 Å². The second-order valence-corrected chi connectivity index (χ2v) is 15.7. The Kier molecular flexibility index (Phi) is 17.4. The maximum atomic E-state index is 14.6. The molecule has 3 unspecified atom stereocenters. The summed E-state index contributed by atoms with van der Waals surface area (Å²) >= 11 is 0. The summed E-state index contributed by atoms with van der Waals surface area (Å²) in [6, 6.07) is 17.6. The molecule has 0 aliphatic heterocycles. The smallest absolute Gasteiger partial charge is 0.254 e. The van der Waals surface area contributed by atoms with Gasteiger partial charge in [0, 0.05) is 31.3 Å². The fraction of sp³-hybridized carbons (Fsp3) is 0.585. The van der Waals surface area contributed by atoms with Crippen LogP contribution < -0.4 is 5.56 Å². The van der Waals surface area contributed by atoms with Crippen LogP contribution in [-0.2, 0) is 16.6 Å². The van der Waals surface area contributed by atoms with Gasteiger partial charge in [-0.05, 0) is 54.7 Å². The minimum absolute atomic E-state index is 0.0964. The third-order valence-corrected chi connectivity index (χ3v) is 12.0. The van der Waals surface area contributed by atoms with Gasteiger partial charge in [0.25, 0.3) is 5.56 Å². The maximum Gasteiger partial charge on any atom is 0.254 e. The van der Waals surface area contributed by atoms with Crippen molar-refractivity contribution >= 4 is 21.4 Å². The summed E-state index contributed by atoms with van der Waals surface area (Å²) in [5.41, 5.74) is 1.19. The van der Waals surface area contributed by atoms with Crippen LogP contribution in [0.2, 0.25) is 0 Å². The zero-order chi connectivity index (χ0) is 36.5. The molecule has 2 aromatic carbocycles. The number of aromatic hydroxyl groups is 1. The lowest BCUT2D eigenvalue weighted by atomic mass is 9.97. The van der Waals surface area contributed by atoms with Gasteiger partial charge in [0.1, 0.15) is 10.6 Å². The first kappa shape index (κ1) is 41.1. The summed E-state index contributed by atoms with van der Waals surface area (Å²) in [6.07, 6.45) is 12.0. The fourth-order valence-corrected chi connectivity index (χ4v) is 8.31. The normalized spacial score (nSPS) is 14.0. The van der Waals surface area contributed by atoms with Gasteiger partial charge in [-0.15, -0.1) is 10.2 Å². The van der Waals surface area contributed by atoms with E-state index in [2.05, 4.69) is 51.8 Å². The van der Waals surface area contributed by atoms with Crippen molar-refractivity contribution in [3.8, 4) is 17.0 Å². The number of rotatable bonds is 23. The Balaban J connectivity index is 2.14. The summed E-state index contributed by atoms with van der Waals surface area (Å²) < 4.78 is 32.4. The molecule has 0 amide bonds. The molecule has 0 fully saturated rings. The summed E-state index contributed by atoms with van der Waals surface area (Å²) in [6.45, 7) is 14.2. The van der Waals surface area contributed by atoms with Crippen molar-refractivity contribution in [2.45, 2.75) is 130 Å². The summed E-state index contributed by atoms with van der Waals surface area (Å²) in [7, 11) is -3.95. The van der Waals surface area contributed by atoms with E-state index in [1.54, 1.807) is 28.6 Å². The molecule has 1 aromatic heterocycles. The zero-order valence-electron chi connectivity index (χ0n) is 31.5. The fourth-order valence-electron chi connectivity index (χ4n) is 6.59. The quantitative estimate of drug-likeness (QED) is 0.0991. The van der Waals surface area contributed by atoms with Crippen LogP contribution in [0.4, 0.5) is 11.4 Å². The first-order valence-electron chi connectivity index (χ1n) is 19.2. The van der Waals surface area contributed by atoms with Crippen molar-refractivity contribution < 1.29 is 13.5 Å². The van der Waals surface area contributed by atoms with E-state index in [0.717, 1.165) is 77.0 Å². The number of pyridine rings is 1. The van der Waals surface area contributed by atoms with Gasteiger partial charge in [-0.2, -0.15) is 4.31 Å². The number of hydrogen-bond acceptors (Lipinski definition) is 6. The van der Waals surface area contributed by atoms with Crippen molar-refractivity contribution in [3.63, 3.8) is 0 Å². The van der Waals surface area contributed by atoms with Gasteiger partial charge < -0.3 is 5.11 Å². The molecule has 1 heterocycles. The van der Waals surface area contributed by atoms with Gasteiger partial charge in [-0.25, -0.2) is 8.42 Å². The Hall–Kier alpha value is -3.30. The summed E-state index contributed by atoms with van der Waals surface area (Å²) in [5.74, 6) is 0.479. The lowest BCUT2D eigenvalue weighted by Crippen LogP contribution is -2.39. The molecule has 3 atom stereocenters. The molecule has 1 N–H and O–H groups in total. The van der Waals surface area contributed by atoms with Crippen molar-refractivity contribution in [2.24, 2.45) is 28.0 Å². The SMILES string of the molecule is CCCCC(CC)CN(CC(CC)CCCC)S(=O)(=O)c1ccccc1N=Nc1c(-c2ccccc2)cc(=O)n(CC(CC)CCCC)c1O. The number of azo groups is 1. The minimum Gasteiger partial charge on any atom is -0.493 e. The van der Waals surface area contributed by atoms with Crippen molar-refractivity contribution in [1.29, 1.82) is 0 Å². The Morgan fingerprint density at radius 3 is 1.78 bits per heavy atom. The van der Waals surface area contributed by atoms with Gasteiger partial charge in [0.2, 0.25) is 15.9 Å². The van der Waals surface area contributed by atoms with Gasteiger partial charge >= 0.3 is 0 Å². The number of benzene rings is 2. The second-order valence-electron chi connectivity index (χ2n) is 13.8. The zero-order valence-corrected chi connectivity index (χ0v) is 32.3. The predicted octanol–water partition coefficient (Wildman–Crippen LogP) is 11.3. The minimum atomic E-state index is -3.95. The highest BCUT2D eigenvalue weighted by Crippen LogP contribution is 2.39. The molecule has 8 nitrogen and oxygen atoms in total. The number of aromatic nitrogens is 1. The lowest BCUT2D eigenvalue weighted by Gasteiger charge is -2.30. The molecule has 0 saturated heterocycles. The van der Waals surface area contributed by atoms with Crippen LogP contribution in [0.1, 0.15) is 119 Å². The lowest BCUT2D eigenvalue weighted by molar-refractivity contribution is 0.270. The Morgan fingerprint density at radius 2 is 1.24 bits per heavy atom. The molecule has 0 aliphatic rings. The molecular formula is C41H62N4O4S. The van der Waals surface area contributed by atoms with Crippen molar-refractivity contribution in [1.82, 2.24) is 8.87 Å². The number of hydrogen-bond donors (Lipinski definition) is 1. The second kappa shape index (κ2) is 21.2. The van der Waals surface area contributed by atoms with Crippen LogP contribution in [0.15, 0.2) is 80.6 Å².